The highest BCUT2D eigenvalue weighted by molar-refractivity contribution is 5.91. The number of ether oxygens (including phenoxy) is 1. The number of nitrogens with zero attached hydrogens (tertiary/aromatic N) is 2. The van der Waals surface area contributed by atoms with E-state index in [4.69, 9.17) is 4.74 Å². The minimum atomic E-state index is -4.43. The molecule has 1 heterocycles. The van der Waals surface area contributed by atoms with E-state index in [1.54, 1.807) is 23.1 Å². The van der Waals surface area contributed by atoms with Gasteiger partial charge in [-0.25, -0.2) is 9.59 Å². The highest BCUT2D eigenvalue weighted by Gasteiger charge is 2.38. The van der Waals surface area contributed by atoms with Crippen LogP contribution in [0.1, 0.15) is 41.7 Å². The van der Waals surface area contributed by atoms with Crippen LogP contribution in [0.2, 0.25) is 0 Å². The lowest BCUT2D eigenvalue weighted by molar-refractivity contribution is -0.142. The van der Waals surface area contributed by atoms with Gasteiger partial charge >= 0.3 is 18.2 Å². The quantitative estimate of drug-likeness (QED) is 0.180. The molecule has 0 saturated heterocycles. The molecule has 0 aliphatic carbocycles. The van der Waals surface area contributed by atoms with E-state index in [1.165, 1.54) is 17.0 Å². The molecule has 8 nitrogen and oxygen atoms in total. The number of carbonyl (C=O) groups excluding carboxylic acids is 2. The first-order valence-corrected chi connectivity index (χ1v) is 16.1. The van der Waals surface area contributed by atoms with Crippen LogP contribution in [0.15, 0.2) is 97.1 Å². The highest BCUT2D eigenvalue weighted by atomic mass is 19.4. The largest absolute Gasteiger partial charge is 0.489 e. The zero-order valence-corrected chi connectivity index (χ0v) is 27.2. The number of benzene rings is 4. The van der Waals surface area contributed by atoms with Crippen LogP contribution in [-0.4, -0.2) is 58.0 Å². The Morgan fingerprint density at radius 3 is 2.12 bits per heavy atom. The number of fused-ring (bicyclic) bond motifs is 1. The zero-order chi connectivity index (χ0) is 35.1. The highest BCUT2D eigenvalue weighted by Crippen LogP contribution is 2.31. The van der Waals surface area contributed by atoms with Gasteiger partial charge in [-0.1, -0.05) is 72.8 Å². The first-order valence-electron chi connectivity index (χ1n) is 16.1. The van der Waals surface area contributed by atoms with E-state index in [9.17, 15) is 32.7 Å². The number of hydrogen-bond acceptors (Lipinski definition) is 4. The van der Waals surface area contributed by atoms with Crippen molar-refractivity contribution >= 4 is 17.9 Å². The Balaban J connectivity index is 1.31. The Kier molecular flexibility index (Phi) is 10.9. The SMILES string of the molecule is CCN(CC)C(=O)N1Cc2cc(OCc3ccc(C(F)(F)F)cc3)ccc2C[C@H]1C(=O)N[C@@H](Cc1ccc(-c2ccccc2)cc1)C(=O)O. The Morgan fingerprint density at radius 2 is 1.51 bits per heavy atom. The smallest absolute Gasteiger partial charge is 0.416 e. The van der Waals surface area contributed by atoms with Crippen LogP contribution in [0.25, 0.3) is 11.1 Å². The number of nitrogens with one attached hydrogen (secondary N) is 1. The van der Waals surface area contributed by atoms with Crippen LogP contribution in [0.5, 0.6) is 5.75 Å². The molecular weight excluding hydrogens is 635 g/mol. The summed E-state index contributed by atoms with van der Waals surface area (Å²) in [6.07, 6.45) is -4.21. The van der Waals surface area contributed by atoms with Gasteiger partial charge in [0.05, 0.1) is 5.56 Å². The van der Waals surface area contributed by atoms with Crippen molar-refractivity contribution in [2.45, 2.75) is 58.1 Å². The summed E-state index contributed by atoms with van der Waals surface area (Å²) in [5.74, 6) is -1.30. The molecule has 0 unspecified atom stereocenters. The fourth-order valence-corrected chi connectivity index (χ4v) is 5.89. The van der Waals surface area contributed by atoms with Gasteiger partial charge in [0.15, 0.2) is 0 Å². The molecule has 5 rings (SSSR count). The molecule has 2 N–H and O–H groups in total. The number of amides is 3. The van der Waals surface area contributed by atoms with E-state index < -0.39 is 35.7 Å². The summed E-state index contributed by atoms with van der Waals surface area (Å²) >= 11 is 0. The molecule has 256 valence electrons. The maximum Gasteiger partial charge on any atom is 0.416 e. The summed E-state index contributed by atoms with van der Waals surface area (Å²) in [5.41, 5.74) is 4.12. The second-order valence-corrected chi connectivity index (χ2v) is 11.9. The first kappa shape index (κ1) is 35.0. The van der Waals surface area contributed by atoms with Crippen LogP contribution < -0.4 is 10.1 Å². The standard InChI is InChI=1S/C38H38F3N3O5/c1-3-43(4-2)37(48)44-23-30-21-32(49-24-26-12-17-31(18-13-26)38(39,40)41)19-16-29(30)22-34(44)35(45)42-33(36(46)47)20-25-10-14-28(15-11-25)27-8-6-5-7-9-27/h5-19,21,33-34H,3-4,20,22-24H2,1-2H3,(H,42,45)(H,46,47)/t33-,34-/m0/s1. The van der Waals surface area contributed by atoms with Crippen molar-refractivity contribution in [2.24, 2.45) is 0 Å². The number of urea groups is 1. The van der Waals surface area contributed by atoms with E-state index in [0.717, 1.165) is 39.9 Å². The Hall–Kier alpha value is -5.32. The van der Waals surface area contributed by atoms with Crippen LogP contribution in [-0.2, 0) is 41.8 Å². The van der Waals surface area contributed by atoms with E-state index in [-0.39, 0.29) is 32.0 Å². The lowest BCUT2D eigenvalue weighted by atomic mass is 9.93. The van der Waals surface area contributed by atoms with Gasteiger partial charge in [-0.15, -0.1) is 0 Å². The zero-order valence-electron chi connectivity index (χ0n) is 27.2. The van der Waals surface area contributed by atoms with Gasteiger partial charge < -0.3 is 25.0 Å². The minimum absolute atomic E-state index is 0.0373. The van der Waals surface area contributed by atoms with Crippen molar-refractivity contribution in [1.29, 1.82) is 0 Å². The maximum absolute atomic E-state index is 13.8. The van der Waals surface area contributed by atoms with Gasteiger partial charge in [0.2, 0.25) is 5.91 Å². The third-order valence-electron chi connectivity index (χ3n) is 8.69. The molecule has 49 heavy (non-hydrogen) atoms. The molecule has 2 atom stereocenters. The van der Waals surface area contributed by atoms with Crippen LogP contribution in [0, 0.1) is 0 Å². The van der Waals surface area contributed by atoms with Gasteiger partial charge in [-0.2, -0.15) is 13.2 Å². The van der Waals surface area contributed by atoms with E-state index in [2.05, 4.69) is 5.32 Å². The summed E-state index contributed by atoms with van der Waals surface area (Å²) in [5, 5.41) is 12.7. The topological polar surface area (TPSA) is 99.2 Å². The number of carboxylic acids is 1. The predicted octanol–water partition coefficient (Wildman–Crippen LogP) is 6.95. The summed E-state index contributed by atoms with van der Waals surface area (Å²) in [7, 11) is 0. The van der Waals surface area contributed by atoms with Crippen molar-refractivity contribution in [2.75, 3.05) is 13.1 Å². The molecule has 0 radical (unpaired) electrons. The first-order chi connectivity index (χ1) is 23.5. The molecule has 11 heteroatoms. The summed E-state index contributed by atoms with van der Waals surface area (Å²) in [6, 6.07) is 24.8. The van der Waals surface area contributed by atoms with Crippen molar-refractivity contribution in [3.8, 4) is 16.9 Å². The molecule has 0 saturated carbocycles. The lowest BCUT2D eigenvalue weighted by Gasteiger charge is -2.39. The predicted molar refractivity (Wildman–Crippen MR) is 179 cm³/mol. The number of alkyl halides is 3. The molecule has 4 aromatic carbocycles. The molecule has 4 aromatic rings. The Labute approximate surface area is 283 Å². The second kappa shape index (κ2) is 15.3. The molecule has 0 spiro atoms. The molecular formula is C38H38F3N3O5. The molecule has 0 bridgehead atoms. The number of rotatable bonds is 11. The molecule has 1 aliphatic rings. The third kappa shape index (κ3) is 8.59. The van der Waals surface area contributed by atoms with Crippen molar-refractivity contribution in [3.05, 3.63) is 125 Å². The minimum Gasteiger partial charge on any atom is -0.489 e. The van der Waals surface area contributed by atoms with Crippen LogP contribution >= 0.6 is 0 Å². The summed E-state index contributed by atoms with van der Waals surface area (Å²) in [6.45, 7) is 4.63. The third-order valence-corrected chi connectivity index (χ3v) is 8.69. The van der Waals surface area contributed by atoms with Crippen molar-refractivity contribution in [3.63, 3.8) is 0 Å². The Bertz CT molecular complexity index is 1760. The van der Waals surface area contributed by atoms with Crippen LogP contribution in [0.4, 0.5) is 18.0 Å². The van der Waals surface area contributed by atoms with E-state index in [1.807, 2.05) is 68.4 Å². The molecule has 3 amide bonds. The normalized spacial score (nSPS) is 14.8. The molecule has 0 fully saturated rings. The summed E-state index contributed by atoms with van der Waals surface area (Å²) in [4.78, 5) is 42.9. The average molecular weight is 674 g/mol. The van der Waals surface area contributed by atoms with Crippen molar-refractivity contribution < 1.29 is 37.4 Å². The summed E-state index contributed by atoms with van der Waals surface area (Å²) < 4.78 is 44.7. The van der Waals surface area contributed by atoms with Gasteiger partial charge in [0.25, 0.3) is 0 Å². The molecule has 0 aromatic heterocycles. The average Bonchev–Trinajstić information content (AvgIpc) is 3.10. The van der Waals surface area contributed by atoms with Crippen LogP contribution in [0.3, 0.4) is 0 Å². The number of aliphatic carboxylic acids is 1. The lowest BCUT2D eigenvalue weighted by Crippen LogP contribution is -2.58. The van der Waals surface area contributed by atoms with Gasteiger partial charge in [0.1, 0.15) is 24.4 Å². The van der Waals surface area contributed by atoms with Gasteiger partial charge in [-0.3, -0.25) is 4.79 Å². The number of hydrogen-bond donors (Lipinski definition) is 2. The molecule has 1 aliphatic heterocycles. The maximum atomic E-state index is 13.8. The van der Waals surface area contributed by atoms with Gasteiger partial charge in [0, 0.05) is 32.5 Å². The van der Waals surface area contributed by atoms with E-state index in [0.29, 0.717) is 24.4 Å². The number of halogens is 3. The Morgan fingerprint density at radius 1 is 0.878 bits per heavy atom. The van der Waals surface area contributed by atoms with E-state index >= 15 is 0 Å². The monoisotopic (exact) mass is 673 g/mol. The number of carboxylic acid groups (broad SMARTS) is 1. The van der Waals surface area contributed by atoms with Crippen molar-refractivity contribution in [1.82, 2.24) is 15.1 Å². The van der Waals surface area contributed by atoms with Gasteiger partial charge in [-0.05, 0) is 71.5 Å². The second-order valence-electron chi connectivity index (χ2n) is 11.9. The number of carbonyl (C=O) groups is 3. The fourth-order valence-electron chi connectivity index (χ4n) is 5.89. The fraction of sp³-hybridized carbons (Fsp3) is 0.289.